The van der Waals surface area contributed by atoms with E-state index in [4.69, 9.17) is 30.5 Å². The van der Waals surface area contributed by atoms with Gasteiger partial charge in [-0.25, -0.2) is 4.79 Å². The summed E-state index contributed by atoms with van der Waals surface area (Å²) in [4.78, 5) is 13.7. The highest BCUT2D eigenvalue weighted by molar-refractivity contribution is 6.32. The summed E-state index contributed by atoms with van der Waals surface area (Å²) in [6.45, 7) is 4.92. The van der Waals surface area contributed by atoms with Crippen LogP contribution in [0.4, 0.5) is 10.5 Å². The van der Waals surface area contributed by atoms with Crippen LogP contribution >= 0.6 is 11.6 Å². The molecule has 154 valence electrons. The molecule has 0 radical (unpaired) electrons. The molecule has 2 N–H and O–H groups in total. The molecular weight excluding hydrogens is 376 g/mol. The number of aliphatic hydroxyl groups excluding tert-OH is 1. The number of carbonyl (C=O) groups is 1. The number of carbonyl (C=O) groups excluding carboxylic acids is 1. The zero-order chi connectivity index (χ0) is 20.4. The van der Waals surface area contributed by atoms with Gasteiger partial charge in [-0.15, -0.1) is 0 Å². The van der Waals surface area contributed by atoms with Gasteiger partial charge in [-0.1, -0.05) is 11.6 Å². The highest BCUT2D eigenvalue weighted by Crippen LogP contribution is 2.35. The molecule has 9 heteroatoms. The lowest BCUT2D eigenvalue weighted by molar-refractivity contribution is -0.0144. The monoisotopic (exact) mass is 404 g/mol. The average molecular weight is 405 g/mol. The molecule has 0 spiro atoms. The summed E-state index contributed by atoms with van der Waals surface area (Å²) in [5.41, 5.74) is 0.409. The second-order valence-electron chi connectivity index (χ2n) is 6.15. The molecule has 27 heavy (non-hydrogen) atoms. The number of amides is 2. The highest BCUT2D eigenvalue weighted by atomic mass is 35.5. The average Bonchev–Trinajstić information content (AvgIpc) is 2.61. The van der Waals surface area contributed by atoms with Crippen LogP contribution in [0.5, 0.6) is 11.5 Å². The minimum Gasteiger partial charge on any atom is -0.495 e. The number of urea groups is 1. The predicted molar refractivity (Wildman–Crippen MR) is 104 cm³/mol. The summed E-state index contributed by atoms with van der Waals surface area (Å²) < 4.78 is 21.1. The molecule has 2 amide bonds. The fraction of sp³-hybridized carbons (Fsp3) is 0.611. The van der Waals surface area contributed by atoms with E-state index in [9.17, 15) is 9.90 Å². The third kappa shape index (κ3) is 8.21. The van der Waals surface area contributed by atoms with Gasteiger partial charge in [0, 0.05) is 19.2 Å². The number of rotatable bonds is 11. The number of hydrogen-bond acceptors (Lipinski definition) is 6. The molecule has 1 atom stereocenters. The van der Waals surface area contributed by atoms with Gasteiger partial charge in [-0.2, -0.15) is 0 Å². The van der Waals surface area contributed by atoms with Crippen LogP contribution in [0, 0.1) is 0 Å². The minimum atomic E-state index is -0.818. The molecule has 0 aliphatic heterocycles. The third-order valence-corrected chi connectivity index (χ3v) is 3.83. The lowest BCUT2D eigenvalue weighted by Gasteiger charge is -2.22. The number of likely N-dealkylation sites (N-methyl/N-ethyl adjacent to an activating group) is 1. The molecule has 0 heterocycles. The quantitative estimate of drug-likeness (QED) is 0.551. The maximum atomic E-state index is 12.4. The van der Waals surface area contributed by atoms with Crippen molar-refractivity contribution in [2.24, 2.45) is 0 Å². The fourth-order valence-corrected chi connectivity index (χ4v) is 2.41. The number of hydrogen-bond donors (Lipinski definition) is 2. The second kappa shape index (κ2) is 11.9. The van der Waals surface area contributed by atoms with E-state index >= 15 is 0 Å². The molecule has 1 rings (SSSR count). The first-order valence-electron chi connectivity index (χ1n) is 8.59. The summed E-state index contributed by atoms with van der Waals surface area (Å²) >= 11 is 6.05. The van der Waals surface area contributed by atoms with E-state index in [2.05, 4.69) is 5.32 Å². The zero-order valence-electron chi connectivity index (χ0n) is 16.5. The topological polar surface area (TPSA) is 89.5 Å². The van der Waals surface area contributed by atoms with E-state index in [0.29, 0.717) is 35.4 Å². The Morgan fingerprint density at radius 1 is 1.22 bits per heavy atom. The Morgan fingerprint density at radius 3 is 2.48 bits per heavy atom. The number of benzene rings is 1. The molecule has 0 fully saturated rings. The van der Waals surface area contributed by atoms with Crippen LogP contribution in [0.1, 0.15) is 13.8 Å². The third-order valence-electron chi connectivity index (χ3n) is 3.54. The van der Waals surface area contributed by atoms with E-state index in [1.807, 2.05) is 13.8 Å². The number of aliphatic hydroxyl groups is 1. The molecule has 0 aromatic heterocycles. The standard InChI is InChI=1S/C18H29ClN2O6/c1-12(2)27-7-6-26-11-13(22)10-21(3)18(23)20-15-9-16(24-4)14(19)8-17(15)25-5/h8-9,12-13,22H,6-7,10-11H2,1-5H3,(H,20,23). The molecule has 0 saturated heterocycles. The van der Waals surface area contributed by atoms with Gasteiger partial charge in [0.25, 0.3) is 0 Å². The van der Waals surface area contributed by atoms with Crippen LogP contribution in [0.25, 0.3) is 0 Å². The second-order valence-corrected chi connectivity index (χ2v) is 6.55. The first-order chi connectivity index (χ1) is 12.8. The maximum Gasteiger partial charge on any atom is 0.321 e. The molecule has 0 aliphatic rings. The van der Waals surface area contributed by atoms with Gasteiger partial charge in [-0.05, 0) is 13.8 Å². The van der Waals surface area contributed by atoms with Crippen LogP contribution < -0.4 is 14.8 Å². The Labute approximate surface area is 165 Å². The normalized spacial score (nSPS) is 12.0. The Morgan fingerprint density at radius 2 is 1.89 bits per heavy atom. The van der Waals surface area contributed by atoms with Gasteiger partial charge >= 0.3 is 6.03 Å². The van der Waals surface area contributed by atoms with E-state index in [1.54, 1.807) is 19.2 Å². The predicted octanol–water partition coefficient (Wildman–Crippen LogP) is 2.62. The number of ether oxygens (including phenoxy) is 4. The van der Waals surface area contributed by atoms with Gasteiger partial charge in [0.2, 0.25) is 0 Å². The van der Waals surface area contributed by atoms with Crippen molar-refractivity contribution >= 4 is 23.3 Å². The van der Waals surface area contributed by atoms with Gasteiger partial charge in [0.1, 0.15) is 11.5 Å². The van der Waals surface area contributed by atoms with E-state index in [-0.39, 0.29) is 19.3 Å². The summed E-state index contributed by atoms with van der Waals surface area (Å²) in [5.74, 6) is 0.809. The SMILES string of the molecule is COc1cc(NC(=O)N(C)CC(O)COCCOC(C)C)c(OC)cc1Cl. The van der Waals surface area contributed by atoms with Crippen molar-refractivity contribution in [2.45, 2.75) is 26.1 Å². The summed E-state index contributed by atoms with van der Waals surface area (Å²) in [6.07, 6.45) is -0.682. The van der Waals surface area contributed by atoms with E-state index < -0.39 is 12.1 Å². The molecule has 1 aromatic rings. The zero-order valence-corrected chi connectivity index (χ0v) is 17.2. The number of methoxy groups -OCH3 is 2. The van der Waals surface area contributed by atoms with Crippen molar-refractivity contribution in [1.82, 2.24) is 4.90 Å². The summed E-state index contributed by atoms with van der Waals surface area (Å²) in [7, 11) is 4.52. The molecular formula is C18H29ClN2O6. The van der Waals surface area contributed by atoms with Crippen molar-refractivity contribution < 1.29 is 28.8 Å². The number of anilines is 1. The highest BCUT2D eigenvalue weighted by Gasteiger charge is 2.17. The Kier molecular flexibility index (Phi) is 10.2. The first-order valence-corrected chi connectivity index (χ1v) is 8.97. The van der Waals surface area contributed by atoms with Crippen LogP contribution in [0.2, 0.25) is 5.02 Å². The fourth-order valence-electron chi connectivity index (χ4n) is 2.18. The molecule has 8 nitrogen and oxygen atoms in total. The van der Waals surface area contributed by atoms with Gasteiger partial charge in [-0.3, -0.25) is 0 Å². The molecule has 0 saturated carbocycles. The molecule has 1 unspecified atom stereocenters. The molecule has 0 bridgehead atoms. The lowest BCUT2D eigenvalue weighted by Crippen LogP contribution is -2.39. The van der Waals surface area contributed by atoms with Crippen LogP contribution in [0.15, 0.2) is 12.1 Å². The van der Waals surface area contributed by atoms with Crippen molar-refractivity contribution in [2.75, 3.05) is 52.9 Å². The van der Waals surface area contributed by atoms with Crippen molar-refractivity contribution in [3.05, 3.63) is 17.2 Å². The van der Waals surface area contributed by atoms with Crippen molar-refractivity contribution in [3.8, 4) is 11.5 Å². The van der Waals surface area contributed by atoms with Crippen LogP contribution in [0.3, 0.4) is 0 Å². The van der Waals surface area contributed by atoms with Gasteiger partial charge < -0.3 is 34.3 Å². The van der Waals surface area contributed by atoms with E-state index in [0.717, 1.165) is 0 Å². The van der Waals surface area contributed by atoms with Crippen LogP contribution in [-0.2, 0) is 9.47 Å². The first kappa shape index (κ1) is 23.3. The van der Waals surface area contributed by atoms with Crippen molar-refractivity contribution in [3.63, 3.8) is 0 Å². The minimum absolute atomic E-state index is 0.101. The summed E-state index contributed by atoms with van der Waals surface area (Å²) in [5, 5.41) is 13.1. The van der Waals surface area contributed by atoms with Crippen LogP contribution in [-0.4, -0.2) is 75.9 Å². The lowest BCUT2D eigenvalue weighted by atomic mass is 10.2. The number of nitrogens with one attached hydrogen (secondary N) is 1. The van der Waals surface area contributed by atoms with E-state index in [1.165, 1.54) is 19.1 Å². The Hall–Kier alpha value is -1.74. The molecule has 0 aliphatic carbocycles. The van der Waals surface area contributed by atoms with Gasteiger partial charge in [0.05, 0.1) is 63.5 Å². The molecule has 1 aromatic carbocycles. The summed E-state index contributed by atoms with van der Waals surface area (Å²) in [6, 6.07) is 2.71. The van der Waals surface area contributed by atoms with Crippen molar-refractivity contribution in [1.29, 1.82) is 0 Å². The smallest absolute Gasteiger partial charge is 0.321 e. The Bertz CT molecular complexity index is 599. The number of nitrogens with zero attached hydrogens (tertiary/aromatic N) is 1. The maximum absolute atomic E-state index is 12.4. The Balaban J connectivity index is 2.52. The number of halogens is 1. The van der Waals surface area contributed by atoms with Gasteiger partial charge in [0.15, 0.2) is 0 Å². The largest absolute Gasteiger partial charge is 0.495 e.